The lowest BCUT2D eigenvalue weighted by Crippen LogP contribution is -2.34. The number of nitro groups is 1. The predicted molar refractivity (Wildman–Crippen MR) is 157 cm³/mol. The number of nitrogens with one attached hydrogen (secondary N) is 1. The van der Waals surface area contributed by atoms with E-state index in [1.165, 1.54) is 23.7 Å². The smallest absolute Gasteiger partial charge is 0.356 e. The minimum Gasteiger partial charge on any atom is -0.448 e. The molecule has 1 atom stereocenters. The number of thiazole rings is 1. The number of hydrogen-bond acceptors (Lipinski definition) is 8. The van der Waals surface area contributed by atoms with Crippen molar-refractivity contribution in [2.24, 2.45) is 7.05 Å². The Kier molecular flexibility index (Phi) is 7.70. The Hall–Kier alpha value is -5.16. The third-order valence-electron chi connectivity index (χ3n) is 6.56. The van der Waals surface area contributed by atoms with Gasteiger partial charge in [0.1, 0.15) is 5.69 Å². The summed E-state index contributed by atoms with van der Waals surface area (Å²) in [6.45, 7) is 1.70. The number of nitrogens with zero attached hydrogens (tertiary/aromatic N) is 3. The van der Waals surface area contributed by atoms with E-state index in [1.54, 1.807) is 48.7 Å². The number of anilines is 1. The van der Waals surface area contributed by atoms with Crippen LogP contribution < -0.4 is 10.9 Å². The highest BCUT2D eigenvalue weighted by atomic mass is 32.1. The van der Waals surface area contributed by atoms with Gasteiger partial charge in [-0.1, -0.05) is 67.6 Å². The number of esters is 1. The van der Waals surface area contributed by atoms with Gasteiger partial charge in [-0.25, -0.2) is 9.78 Å². The summed E-state index contributed by atoms with van der Waals surface area (Å²) < 4.78 is 6.95. The number of amides is 1. The van der Waals surface area contributed by atoms with Crippen LogP contribution in [0.3, 0.4) is 0 Å². The van der Waals surface area contributed by atoms with Crippen LogP contribution in [-0.4, -0.2) is 32.5 Å². The molecule has 5 rings (SSSR count). The number of rotatable bonds is 8. The summed E-state index contributed by atoms with van der Waals surface area (Å²) in [5.41, 5.74) is 1.84. The number of benzene rings is 3. The van der Waals surface area contributed by atoms with Gasteiger partial charge in [0.25, 0.3) is 17.2 Å². The molecule has 0 aliphatic carbocycles. The molecule has 5 aromatic rings. The predicted octanol–water partition coefficient (Wildman–Crippen LogP) is 5.81. The van der Waals surface area contributed by atoms with Crippen LogP contribution in [0.4, 0.5) is 10.8 Å². The van der Waals surface area contributed by atoms with Gasteiger partial charge in [0.05, 0.1) is 10.6 Å². The van der Waals surface area contributed by atoms with Crippen molar-refractivity contribution in [2.45, 2.75) is 19.4 Å². The van der Waals surface area contributed by atoms with E-state index in [2.05, 4.69) is 10.3 Å². The van der Waals surface area contributed by atoms with Crippen molar-refractivity contribution in [1.29, 1.82) is 0 Å². The van der Waals surface area contributed by atoms with Crippen LogP contribution >= 0.6 is 11.3 Å². The summed E-state index contributed by atoms with van der Waals surface area (Å²) in [4.78, 5) is 54.9. The monoisotopic (exact) mass is 568 g/mol. The highest BCUT2D eigenvalue weighted by molar-refractivity contribution is 7.14. The number of aromatic nitrogens is 2. The second-order valence-corrected chi connectivity index (χ2v) is 9.99. The Morgan fingerprint density at radius 1 is 1.02 bits per heavy atom. The summed E-state index contributed by atoms with van der Waals surface area (Å²) in [6.07, 6.45) is -0.999. The molecule has 1 N–H and O–H groups in total. The molecule has 0 spiro atoms. The van der Waals surface area contributed by atoms with Crippen molar-refractivity contribution in [3.63, 3.8) is 0 Å². The Morgan fingerprint density at radius 3 is 2.41 bits per heavy atom. The molecule has 0 saturated carbocycles. The van der Waals surface area contributed by atoms with Gasteiger partial charge in [-0.3, -0.25) is 25.0 Å². The van der Waals surface area contributed by atoms with Gasteiger partial charge < -0.3 is 9.30 Å². The van der Waals surface area contributed by atoms with Gasteiger partial charge >= 0.3 is 5.97 Å². The lowest BCUT2D eigenvalue weighted by Gasteiger charge is -2.20. The first-order valence-corrected chi connectivity index (χ1v) is 13.6. The van der Waals surface area contributed by atoms with E-state index >= 15 is 0 Å². The summed E-state index contributed by atoms with van der Waals surface area (Å²) in [6, 6.07) is 22.3. The molecule has 2 heterocycles. The summed E-state index contributed by atoms with van der Waals surface area (Å²) >= 11 is 1.14. The van der Waals surface area contributed by atoms with Crippen LogP contribution in [0, 0.1) is 10.1 Å². The molecule has 10 nitrogen and oxygen atoms in total. The molecular formula is C30H24N4O6S. The highest BCUT2D eigenvalue weighted by Gasteiger charge is 2.28. The SMILES string of the molecule is CCC(OC(=O)c1c(-c2ccccc2)c2ccccc2c(=O)n1C)C(=O)Nc1nc(-c2cccc([N+](=O)[O-])c2)cs1. The Bertz CT molecular complexity index is 1850. The van der Waals surface area contributed by atoms with E-state index in [4.69, 9.17) is 4.74 Å². The second kappa shape index (κ2) is 11.5. The molecule has 3 aromatic carbocycles. The minimum atomic E-state index is -1.17. The van der Waals surface area contributed by atoms with Crippen molar-refractivity contribution in [2.75, 3.05) is 5.32 Å². The van der Waals surface area contributed by atoms with Crippen LogP contribution in [0.25, 0.3) is 33.2 Å². The van der Waals surface area contributed by atoms with Crippen LogP contribution in [0.15, 0.2) is 89.0 Å². The molecule has 0 bridgehead atoms. The van der Waals surface area contributed by atoms with Gasteiger partial charge in [-0.15, -0.1) is 11.3 Å². The third kappa shape index (κ3) is 5.48. The van der Waals surface area contributed by atoms with Crippen molar-refractivity contribution >= 4 is 44.8 Å². The molecule has 1 amide bonds. The van der Waals surface area contributed by atoms with Gasteiger partial charge in [-0.2, -0.15) is 0 Å². The first-order valence-electron chi connectivity index (χ1n) is 12.7. The second-order valence-electron chi connectivity index (χ2n) is 9.14. The minimum absolute atomic E-state index is 0.0355. The maximum absolute atomic E-state index is 13.6. The standard InChI is InChI=1S/C30H24N4O6S/c1-3-24(27(35)32-30-31-23(17-41-30)19-12-9-13-20(16-19)34(38)39)40-29(37)26-25(18-10-5-4-6-11-18)21-14-7-8-15-22(21)28(36)33(26)2/h4-17,24H,3H2,1-2H3,(H,31,32,35). The molecule has 0 aliphatic heterocycles. The number of ether oxygens (including phenoxy) is 1. The Labute approximate surface area is 238 Å². The van der Waals surface area contributed by atoms with E-state index in [1.807, 2.05) is 30.3 Å². The molecule has 0 radical (unpaired) electrons. The zero-order chi connectivity index (χ0) is 29.1. The topological polar surface area (TPSA) is 133 Å². The largest absolute Gasteiger partial charge is 0.448 e. The van der Waals surface area contributed by atoms with Crippen LogP contribution in [-0.2, 0) is 16.6 Å². The third-order valence-corrected chi connectivity index (χ3v) is 7.32. The van der Waals surface area contributed by atoms with Crippen molar-refractivity contribution in [3.8, 4) is 22.4 Å². The molecule has 1 unspecified atom stereocenters. The van der Waals surface area contributed by atoms with Crippen LogP contribution in [0.5, 0.6) is 0 Å². The van der Waals surface area contributed by atoms with Crippen molar-refractivity contribution in [3.05, 3.63) is 110 Å². The number of fused-ring (bicyclic) bond motifs is 1. The summed E-state index contributed by atoms with van der Waals surface area (Å²) in [5, 5.41) is 16.7. The van der Waals surface area contributed by atoms with Crippen molar-refractivity contribution < 1.29 is 19.2 Å². The number of carbonyl (C=O) groups is 2. The molecule has 0 saturated heterocycles. The van der Waals surface area contributed by atoms with Gasteiger partial charge in [0.15, 0.2) is 11.2 Å². The van der Waals surface area contributed by atoms with Crippen LogP contribution in [0.1, 0.15) is 23.8 Å². The average molecular weight is 569 g/mol. The fraction of sp³-hybridized carbons (Fsp3) is 0.133. The van der Waals surface area contributed by atoms with E-state index in [0.717, 1.165) is 16.9 Å². The Morgan fingerprint density at radius 2 is 1.71 bits per heavy atom. The molecule has 41 heavy (non-hydrogen) atoms. The molecule has 11 heteroatoms. The number of hydrogen-bond donors (Lipinski definition) is 1. The molecule has 0 fully saturated rings. The van der Waals surface area contributed by atoms with Crippen molar-refractivity contribution in [1.82, 2.24) is 9.55 Å². The van der Waals surface area contributed by atoms with Gasteiger partial charge in [0, 0.05) is 41.1 Å². The molecular weight excluding hydrogens is 544 g/mol. The normalized spacial score (nSPS) is 11.7. The fourth-order valence-corrected chi connectivity index (χ4v) is 5.26. The maximum Gasteiger partial charge on any atom is 0.356 e. The van der Waals surface area contributed by atoms with E-state index in [0.29, 0.717) is 27.6 Å². The van der Waals surface area contributed by atoms with Gasteiger partial charge in [-0.05, 0) is 23.4 Å². The van der Waals surface area contributed by atoms with Crippen LogP contribution in [0.2, 0.25) is 0 Å². The lowest BCUT2D eigenvalue weighted by molar-refractivity contribution is -0.384. The summed E-state index contributed by atoms with van der Waals surface area (Å²) in [7, 11) is 1.50. The van der Waals surface area contributed by atoms with E-state index in [-0.39, 0.29) is 28.5 Å². The molecule has 206 valence electrons. The highest BCUT2D eigenvalue weighted by Crippen LogP contribution is 2.32. The quantitative estimate of drug-likeness (QED) is 0.142. The fourth-order valence-electron chi connectivity index (χ4n) is 4.54. The van der Waals surface area contributed by atoms with E-state index in [9.17, 15) is 24.5 Å². The number of pyridine rings is 1. The molecule has 2 aromatic heterocycles. The van der Waals surface area contributed by atoms with Gasteiger partial charge in [0.2, 0.25) is 0 Å². The first kappa shape index (κ1) is 27.4. The lowest BCUT2D eigenvalue weighted by atomic mass is 9.97. The molecule has 0 aliphatic rings. The van der Waals surface area contributed by atoms with E-state index < -0.39 is 22.9 Å². The number of non-ortho nitro benzene ring substituents is 1. The maximum atomic E-state index is 13.6. The Balaban J connectivity index is 1.43. The number of nitro benzene ring substituents is 1. The zero-order valence-corrected chi connectivity index (χ0v) is 22.9. The first-order chi connectivity index (χ1) is 19.8. The summed E-state index contributed by atoms with van der Waals surface area (Å²) in [5.74, 6) is -1.40. The zero-order valence-electron chi connectivity index (χ0n) is 22.1. The number of carbonyl (C=O) groups excluding carboxylic acids is 2. The average Bonchev–Trinajstić information content (AvgIpc) is 3.46.